The predicted molar refractivity (Wildman–Crippen MR) is 128 cm³/mol. The van der Waals surface area contributed by atoms with Crippen LogP contribution in [-0.4, -0.2) is 42.1 Å². The minimum Gasteiger partial charge on any atom is -0.444 e. The van der Waals surface area contributed by atoms with Crippen molar-refractivity contribution in [2.75, 3.05) is 20.7 Å². The van der Waals surface area contributed by atoms with Gasteiger partial charge in [-0.3, -0.25) is 4.79 Å². The van der Waals surface area contributed by atoms with Crippen LogP contribution in [0.15, 0.2) is 15.8 Å². The largest absolute Gasteiger partial charge is 0.444 e. The van der Waals surface area contributed by atoms with Gasteiger partial charge in [0.05, 0.1) is 24.9 Å². The van der Waals surface area contributed by atoms with Gasteiger partial charge in [-0.1, -0.05) is 19.0 Å². The van der Waals surface area contributed by atoms with Crippen molar-refractivity contribution in [1.82, 2.24) is 9.88 Å². The van der Waals surface area contributed by atoms with Crippen molar-refractivity contribution < 1.29 is 14.0 Å². The number of rotatable bonds is 6. The van der Waals surface area contributed by atoms with Gasteiger partial charge in [0.1, 0.15) is 18.2 Å². The highest BCUT2D eigenvalue weighted by Gasteiger charge is 2.60. The number of carbonyl (C=O) groups excluding carboxylic acids is 1. The number of oxazole rings is 1. The van der Waals surface area contributed by atoms with Crippen LogP contribution in [-0.2, 0) is 22.6 Å². The number of carbonyl (C=O) groups is 1. The van der Waals surface area contributed by atoms with Gasteiger partial charge in [0.2, 0.25) is 0 Å². The Morgan fingerprint density at radius 2 is 2.00 bits per heavy atom. The minimum absolute atomic E-state index is 0.0183. The van der Waals surface area contributed by atoms with E-state index >= 15 is 0 Å². The average molecular weight is 456 g/mol. The summed E-state index contributed by atoms with van der Waals surface area (Å²) in [6.45, 7) is 6.10. The standard InChI is InChI=1S/C27H41N3O3/c1-26-12-9-19(29-32-14-11-25-28-16-20(33-25)17-30(3)4)15-18(26)5-6-21-22-7-8-24(31)27(22,2)13-10-23(21)26/h16,18,21-23H,5-15,17H2,1-4H3/b29-19+/t18?,21?,22?,23?,26-,27-/m0/s1. The molecule has 4 fully saturated rings. The molecule has 4 aliphatic rings. The molecule has 0 amide bonds. The molecule has 5 rings (SSSR count). The average Bonchev–Trinajstić information content (AvgIpc) is 3.34. The van der Waals surface area contributed by atoms with Crippen molar-refractivity contribution >= 4 is 11.5 Å². The Kier molecular flexibility index (Phi) is 6.17. The molecule has 182 valence electrons. The molecule has 4 aliphatic carbocycles. The molecule has 1 heterocycles. The Morgan fingerprint density at radius 1 is 1.15 bits per heavy atom. The van der Waals surface area contributed by atoms with Crippen LogP contribution in [0.3, 0.4) is 0 Å². The van der Waals surface area contributed by atoms with Crippen LogP contribution >= 0.6 is 0 Å². The molecular weight excluding hydrogens is 414 g/mol. The smallest absolute Gasteiger partial charge is 0.197 e. The summed E-state index contributed by atoms with van der Waals surface area (Å²) < 4.78 is 5.76. The van der Waals surface area contributed by atoms with Crippen LogP contribution < -0.4 is 0 Å². The molecule has 0 aliphatic heterocycles. The normalized spacial score (nSPS) is 39.4. The highest BCUT2D eigenvalue weighted by Crippen LogP contribution is 2.65. The van der Waals surface area contributed by atoms with Crippen LogP contribution in [0.5, 0.6) is 0 Å². The zero-order chi connectivity index (χ0) is 23.2. The second-order valence-corrected chi connectivity index (χ2v) is 12.0. The number of aromatic nitrogens is 1. The second kappa shape index (κ2) is 8.83. The highest BCUT2D eigenvalue weighted by atomic mass is 16.6. The first-order valence-electron chi connectivity index (χ1n) is 13.1. The second-order valence-electron chi connectivity index (χ2n) is 12.0. The molecule has 0 saturated heterocycles. The van der Waals surface area contributed by atoms with Gasteiger partial charge in [0.25, 0.3) is 0 Å². The van der Waals surface area contributed by atoms with Crippen LogP contribution in [0, 0.1) is 34.5 Å². The molecule has 0 spiro atoms. The minimum atomic E-state index is -0.0183. The topological polar surface area (TPSA) is 67.9 Å². The molecule has 33 heavy (non-hydrogen) atoms. The van der Waals surface area contributed by atoms with Gasteiger partial charge in [0, 0.05) is 11.8 Å². The maximum atomic E-state index is 12.6. The number of Topliss-reactive ketones (excluding diaryl/α,β-unsaturated/α-hetero) is 1. The zero-order valence-electron chi connectivity index (χ0n) is 20.9. The van der Waals surface area contributed by atoms with E-state index in [1.165, 1.54) is 31.4 Å². The molecule has 0 radical (unpaired) electrons. The molecule has 1 aromatic heterocycles. The van der Waals surface area contributed by atoms with Gasteiger partial charge in [-0.15, -0.1) is 0 Å². The van der Waals surface area contributed by atoms with E-state index in [1.807, 2.05) is 14.1 Å². The molecule has 0 aromatic carbocycles. The van der Waals surface area contributed by atoms with E-state index in [2.05, 4.69) is 28.9 Å². The van der Waals surface area contributed by atoms with Crippen LogP contribution in [0.25, 0.3) is 0 Å². The fourth-order valence-corrected chi connectivity index (χ4v) is 8.03. The lowest BCUT2D eigenvalue weighted by Crippen LogP contribution is -2.53. The van der Waals surface area contributed by atoms with E-state index in [1.54, 1.807) is 6.20 Å². The first-order chi connectivity index (χ1) is 15.8. The Balaban J connectivity index is 1.16. The zero-order valence-corrected chi connectivity index (χ0v) is 20.9. The van der Waals surface area contributed by atoms with E-state index in [4.69, 9.17) is 9.25 Å². The Hall–Kier alpha value is -1.69. The predicted octanol–water partition coefficient (Wildman–Crippen LogP) is 5.26. The van der Waals surface area contributed by atoms with Crippen molar-refractivity contribution in [2.45, 2.75) is 84.6 Å². The molecule has 0 bridgehead atoms. The van der Waals surface area contributed by atoms with Gasteiger partial charge >= 0.3 is 0 Å². The molecule has 4 unspecified atom stereocenters. The number of nitrogens with zero attached hydrogens (tertiary/aromatic N) is 3. The van der Waals surface area contributed by atoms with E-state index in [0.29, 0.717) is 36.1 Å². The van der Waals surface area contributed by atoms with Crippen molar-refractivity contribution in [2.24, 2.45) is 39.7 Å². The van der Waals surface area contributed by atoms with Gasteiger partial charge < -0.3 is 14.2 Å². The number of hydrogen-bond acceptors (Lipinski definition) is 6. The molecule has 6 nitrogen and oxygen atoms in total. The third-order valence-corrected chi connectivity index (χ3v) is 9.88. The third-order valence-electron chi connectivity index (χ3n) is 9.88. The summed E-state index contributed by atoms with van der Waals surface area (Å²) in [5.41, 5.74) is 1.61. The summed E-state index contributed by atoms with van der Waals surface area (Å²) in [5.74, 6) is 5.02. The van der Waals surface area contributed by atoms with E-state index in [9.17, 15) is 4.79 Å². The summed E-state index contributed by atoms with van der Waals surface area (Å²) in [7, 11) is 4.04. The number of ketones is 1. The Morgan fingerprint density at radius 3 is 2.82 bits per heavy atom. The lowest BCUT2D eigenvalue weighted by Gasteiger charge is -2.59. The Labute approximate surface area is 198 Å². The van der Waals surface area contributed by atoms with E-state index in [0.717, 1.165) is 62.1 Å². The maximum Gasteiger partial charge on any atom is 0.197 e. The monoisotopic (exact) mass is 455 g/mol. The number of oxime groups is 1. The fraction of sp³-hybridized carbons (Fsp3) is 0.815. The lowest BCUT2D eigenvalue weighted by molar-refractivity contribution is -0.137. The first-order valence-corrected chi connectivity index (χ1v) is 13.1. The summed E-state index contributed by atoms with van der Waals surface area (Å²) in [6, 6.07) is 0. The molecule has 1 aromatic rings. The van der Waals surface area contributed by atoms with Gasteiger partial charge in [-0.25, -0.2) is 4.98 Å². The molecule has 4 saturated carbocycles. The van der Waals surface area contributed by atoms with Crippen LogP contribution in [0.1, 0.15) is 83.3 Å². The molecular formula is C27H41N3O3. The van der Waals surface area contributed by atoms with Gasteiger partial charge in [-0.05, 0) is 94.5 Å². The quantitative estimate of drug-likeness (QED) is 0.432. The fourth-order valence-electron chi connectivity index (χ4n) is 8.03. The van der Waals surface area contributed by atoms with Crippen molar-refractivity contribution in [1.29, 1.82) is 0 Å². The highest BCUT2D eigenvalue weighted by molar-refractivity contribution is 5.87. The van der Waals surface area contributed by atoms with Crippen molar-refractivity contribution in [3.8, 4) is 0 Å². The molecule has 6 heteroatoms. The van der Waals surface area contributed by atoms with E-state index in [-0.39, 0.29) is 5.41 Å². The summed E-state index contributed by atoms with van der Waals surface area (Å²) >= 11 is 0. The number of fused-ring (bicyclic) bond motifs is 5. The SMILES string of the molecule is CN(C)Cc1cnc(CCO/N=C2\CC[C@@]3(C)C(CCC4C3CC[C@]3(C)C(=O)CCC43)C2)o1. The van der Waals surface area contributed by atoms with Crippen LogP contribution in [0.2, 0.25) is 0 Å². The maximum absolute atomic E-state index is 12.6. The number of hydrogen-bond donors (Lipinski definition) is 0. The van der Waals surface area contributed by atoms with Gasteiger partial charge in [0.15, 0.2) is 5.89 Å². The summed E-state index contributed by atoms with van der Waals surface area (Å²) in [4.78, 5) is 24.7. The lowest BCUT2D eigenvalue weighted by atomic mass is 9.45. The van der Waals surface area contributed by atoms with E-state index < -0.39 is 0 Å². The van der Waals surface area contributed by atoms with Crippen molar-refractivity contribution in [3.63, 3.8) is 0 Å². The first kappa shape index (κ1) is 23.1. The summed E-state index contributed by atoms with van der Waals surface area (Å²) in [6.07, 6.45) is 12.7. The van der Waals surface area contributed by atoms with Crippen molar-refractivity contribution in [3.05, 3.63) is 17.8 Å². The Bertz CT molecular complexity index is 908. The summed E-state index contributed by atoms with van der Waals surface area (Å²) in [5, 5.41) is 4.55. The van der Waals surface area contributed by atoms with Crippen LogP contribution in [0.4, 0.5) is 0 Å². The van der Waals surface area contributed by atoms with Gasteiger partial charge in [-0.2, -0.15) is 0 Å². The third kappa shape index (κ3) is 4.17. The molecule has 6 atom stereocenters. The molecule has 0 N–H and O–H groups in total.